The summed E-state index contributed by atoms with van der Waals surface area (Å²) in [6.07, 6.45) is 1.49. The van der Waals surface area contributed by atoms with Gasteiger partial charge in [-0.05, 0) is 36.8 Å². The lowest BCUT2D eigenvalue weighted by atomic mass is 10.1. The molecule has 27 heavy (non-hydrogen) atoms. The van der Waals surface area contributed by atoms with Gasteiger partial charge in [0.2, 0.25) is 0 Å². The van der Waals surface area contributed by atoms with Crippen LogP contribution in [0.3, 0.4) is 0 Å². The Morgan fingerprint density at radius 2 is 1.78 bits per heavy atom. The Kier molecular flexibility index (Phi) is 4.35. The molecular formula is C20H21N3O4. The maximum Gasteiger partial charge on any atom is 0.289 e. The van der Waals surface area contributed by atoms with Crippen LogP contribution in [-0.4, -0.2) is 59.9 Å². The van der Waals surface area contributed by atoms with Crippen LogP contribution in [0.1, 0.15) is 26.6 Å². The van der Waals surface area contributed by atoms with E-state index in [9.17, 15) is 9.59 Å². The highest BCUT2D eigenvalue weighted by Gasteiger charge is 2.28. The second kappa shape index (κ2) is 6.83. The predicted octanol–water partition coefficient (Wildman–Crippen LogP) is 2.68. The molecule has 2 aromatic heterocycles. The molecule has 0 bridgehead atoms. The number of benzene rings is 1. The number of carbonyl (C=O) groups is 2. The zero-order valence-corrected chi connectivity index (χ0v) is 15.3. The van der Waals surface area contributed by atoms with Crippen molar-refractivity contribution in [3.8, 4) is 5.75 Å². The number of hydrogen-bond donors (Lipinski definition) is 1. The Labute approximate surface area is 156 Å². The molecule has 140 valence electrons. The number of carbonyl (C=O) groups excluding carboxylic acids is 2. The number of nitrogens with zero attached hydrogens (tertiary/aromatic N) is 2. The molecule has 4 rings (SSSR count). The first-order valence-corrected chi connectivity index (χ1v) is 8.87. The second-order valence-corrected chi connectivity index (χ2v) is 6.60. The first-order chi connectivity index (χ1) is 13.1. The third kappa shape index (κ3) is 3.05. The van der Waals surface area contributed by atoms with Crippen molar-refractivity contribution < 1.29 is 18.7 Å². The van der Waals surface area contributed by atoms with Crippen molar-refractivity contribution in [3.63, 3.8) is 0 Å². The number of amides is 2. The quantitative estimate of drug-likeness (QED) is 0.772. The van der Waals surface area contributed by atoms with Crippen molar-refractivity contribution in [2.24, 2.45) is 0 Å². The minimum atomic E-state index is -0.138. The summed E-state index contributed by atoms with van der Waals surface area (Å²) in [5, 5.41) is 1.01. The average Bonchev–Trinajstić information content (AvgIpc) is 3.35. The third-order valence-electron chi connectivity index (χ3n) is 5.07. The van der Waals surface area contributed by atoms with Crippen molar-refractivity contribution in [1.29, 1.82) is 0 Å². The summed E-state index contributed by atoms with van der Waals surface area (Å²) in [7, 11) is 1.62. The number of furan rings is 1. The molecule has 7 heteroatoms. The Bertz CT molecular complexity index is 982. The number of aromatic nitrogens is 1. The van der Waals surface area contributed by atoms with Crippen molar-refractivity contribution >= 4 is 22.7 Å². The van der Waals surface area contributed by atoms with Crippen LogP contribution in [0.25, 0.3) is 10.9 Å². The smallest absolute Gasteiger partial charge is 0.289 e. The van der Waals surface area contributed by atoms with Crippen molar-refractivity contribution in [2.75, 3.05) is 33.3 Å². The Hall–Kier alpha value is -3.22. The van der Waals surface area contributed by atoms with Gasteiger partial charge in [-0.15, -0.1) is 0 Å². The molecule has 0 saturated carbocycles. The summed E-state index contributed by atoms with van der Waals surface area (Å²) in [4.78, 5) is 32.1. The molecule has 0 atom stereocenters. The van der Waals surface area contributed by atoms with E-state index in [1.165, 1.54) is 6.26 Å². The van der Waals surface area contributed by atoms with Crippen LogP contribution < -0.4 is 4.74 Å². The summed E-state index contributed by atoms with van der Waals surface area (Å²) < 4.78 is 10.4. The largest absolute Gasteiger partial charge is 0.497 e. The molecule has 0 radical (unpaired) electrons. The predicted molar refractivity (Wildman–Crippen MR) is 100 cm³/mol. The van der Waals surface area contributed by atoms with E-state index in [0.29, 0.717) is 37.6 Å². The maximum absolute atomic E-state index is 13.0. The number of rotatable bonds is 3. The molecule has 0 spiro atoms. The van der Waals surface area contributed by atoms with Crippen LogP contribution in [0.4, 0.5) is 0 Å². The zero-order chi connectivity index (χ0) is 19.0. The van der Waals surface area contributed by atoms with Gasteiger partial charge in [0.1, 0.15) is 11.4 Å². The lowest BCUT2D eigenvalue weighted by molar-refractivity contribution is 0.0515. The van der Waals surface area contributed by atoms with E-state index in [4.69, 9.17) is 9.15 Å². The average molecular weight is 367 g/mol. The number of H-pyrrole nitrogens is 1. The van der Waals surface area contributed by atoms with Crippen molar-refractivity contribution in [2.45, 2.75) is 6.92 Å². The monoisotopic (exact) mass is 367 g/mol. The second-order valence-electron chi connectivity index (χ2n) is 6.60. The molecule has 1 aromatic carbocycles. The fourth-order valence-corrected chi connectivity index (χ4v) is 3.48. The fourth-order valence-electron chi connectivity index (χ4n) is 3.48. The third-order valence-corrected chi connectivity index (χ3v) is 5.07. The molecule has 2 amide bonds. The minimum absolute atomic E-state index is 0.0484. The van der Waals surface area contributed by atoms with E-state index in [1.807, 2.05) is 25.1 Å². The normalized spacial score (nSPS) is 14.6. The molecule has 0 aliphatic carbocycles. The standard InChI is InChI=1S/C20H21N3O4/c1-13-15-6-5-14(26-2)12-16(15)21-18(13)20(25)23-9-7-22(8-10-23)19(24)17-4-3-11-27-17/h3-6,11-12,21H,7-10H2,1-2H3. The number of aromatic amines is 1. The molecular weight excluding hydrogens is 346 g/mol. The van der Waals surface area contributed by atoms with Gasteiger partial charge in [0.05, 0.1) is 13.4 Å². The van der Waals surface area contributed by atoms with Crippen molar-refractivity contribution in [3.05, 3.63) is 53.6 Å². The van der Waals surface area contributed by atoms with E-state index in [0.717, 1.165) is 22.2 Å². The number of hydrogen-bond acceptors (Lipinski definition) is 4. The molecule has 1 fully saturated rings. The highest BCUT2D eigenvalue weighted by Crippen LogP contribution is 2.26. The fraction of sp³-hybridized carbons (Fsp3) is 0.300. The minimum Gasteiger partial charge on any atom is -0.497 e. The number of nitrogens with one attached hydrogen (secondary N) is 1. The van der Waals surface area contributed by atoms with E-state index < -0.39 is 0 Å². The molecule has 1 aliphatic rings. The SMILES string of the molecule is COc1ccc2c(C)c(C(=O)N3CCN(C(=O)c4ccco4)CC3)[nH]c2c1. The van der Waals surface area contributed by atoms with Crippen LogP contribution in [0, 0.1) is 6.92 Å². The van der Waals surface area contributed by atoms with Crippen LogP contribution in [0.15, 0.2) is 41.0 Å². The van der Waals surface area contributed by atoms with Gasteiger partial charge in [-0.1, -0.05) is 0 Å². The maximum atomic E-state index is 13.0. The highest BCUT2D eigenvalue weighted by atomic mass is 16.5. The Morgan fingerprint density at radius 1 is 1.07 bits per heavy atom. The van der Waals surface area contributed by atoms with Gasteiger partial charge in [-0.25, -0.2) is 0 Å². The number of methoxy groups -OCH3 is 1. The van der Waals surface area contributed by atoms with Gasteiger partial charge in [0, 0.05) is 43.1 Å². The van der Waals surface area contributed by atoms with E-state index in [-0.39, 0.29) is 11.8 Å². The summed E-state index contributed by atoms with van der Waals surface area (Å²) in [5.74, 6) is 0.886. The summed E-state index contributed by atoms with van der Waals surface area (Å²) in [6.45, 7) is 3.89. The van der Waals surface area contributed by atoms with Crippen LogP contribution in [0.2, 0.25) is 0 Å². The van der Waals surface area contributed by atoms with E-state index in [1.54, 1.807) is 29.0 Å². The van der Waals surface area contributed by atoms with Crippen molar-refractivity contribution in [1.82, 2.24) is 14.8 Å². The zero-order valence-electron chi connectivity index (χ0n) is 15.3. The lowest BCUT2D eigenvalue weighted by Crippen LogP contribution is -2.50. The van der Waals surface area contributed by atoms with Crippen LogP contribution >= 0.6 is 0 Å². The summed E-state index contributed by atoms with van der Waals surface area (Å²) in [6, 6.07) is 9.08. The number of piperazine rings is 1. The molecule has 3 aromatic rings. The molecule has 7 nitrogen and oxygen atoms in total. The molecule has 1 aliphatic heterocycles. The molecule has 0 unspecified atom stereocenters. The van der Waals surface area contributed by atoms with E-state index in [2.05, 4.69) is 4.98 Å². The number of aryl methyl sites for hydroxylation is 1. The van der Waals surface area contributed by atoms with Gasteiger partial charge in [-0.3, -0.25) is 9.59 Å². The number of fused-ring (bicyclic) bond motifs is 1. The highest BCUT2D eigenvalue weighted by molar-refractivity contribution is 6.01. The number of ether oxygens (including phenoxy) is 1. The molecule has 3 heterocycles. The molecule has 1 N–H and O–H groups in total. The van der Waals surface area contributed by atoms with Gasteiger partial charge in [0.15, 0.2) is 5.76 Å². The van der Waals surface area contributed by atoms with Crippen LogP contribution in [-0.2, 0) is 0 Å². The van der Waals surface area contributed by atoms with Gasteiger partial charge in [-0.2, -0.15) is 0 Å². The van der Waals surface area contributed by atoms with Crippen LogP contribution in [0.5, 0.6) is 5.75 Å². The van der Waals surface area contributed by atoms with Gasteiger partial charge >= 0.3 is 0 Å². The van der Waals surface area contributed by atoms with Gasteiger partial charge < -0.3 is 23.9 Å². The molecule has 1 saturated heterocycles. The van der Waals surface area contributed by atoms with E-state index >= 15 is 0 Å². The lowest BCUT2D eigenvalue weighted by Gasteiger charge is -2.34. The summed E-state index contributed by atoms with van der Waals surface area (Å²) >= 11 is 0. The Morgan fingerprint density at radius 3 is 2.41 bits per heavy atom. The Balaban J connectivity index is 1.49. The first-order valence-electron chi connectivity index (χ1n) is 8.87. The van der Waals surface area contributed by atoms with Gasteiger partial charge in [0.25, 0.3) is 11.8 Å². The first kappa shape index (κ1) is 17.2. The topological polar surface area (TPSA) is 78.8 Å². The summed E-state index contributed by atoms with van der Waals surface area (Å²) in [5.41, 5.74) is 2.39.